The summed E-state index contributed by atoms with van der Waals surface area (Å²) in [4.78, 5) is 24.0. The number of rotatable bonds is 7. The van der Waals surface area contributed by atoms with Gasteiger partial charge in [0.05, 0.1) is 0 Å². The molecule has 0 aliphatic rings. The van der Waals surface area contributed by atoms with Crippen LogP contribution in [0.5, 0.6) is 0 Å². The van der Waals surface area contributed by atoms with Crippen molar-refractivity contribution in [1.82, 2.24) is 10.2 Å². The lowest BCUT2D eigenvalue weighted by Crippen LogP contribution is -2.31. The normalized spacial score (nSPS) is 10.9. The Labute approximate surface area is 97.2 Å². The summed E-state index contributed by atoms with van der Waals surface area (Å²) in [5.41, 5.74) is 0. The van der Waals surface area contributed by atoms with Gasteiger partial charge in [-0.05, 0) is 13.1 Å². The van der Waals surface area contributed by atoms with Crippen molar-refractivity contribution in [2.45, 2.75) is 13.8 Å². The van der Waals surface area contributed by atoms with E-state index in [-0.39, 0.29) is 0 Å². The van der Waals surface area contributed by atoms with E-state index in [0.717, 1.165) is 32.7 Å². The Morgan fingerprint density at radius 1 is 1.31 bits per heavy atom. The summed E-state index contributed by atoms with van der Waals surface area (Å²) in [6, 6.07) is 0. The highest BCUT2D eigenvalue weighted by molar-refractivity contribution is 7.45. The zero-order valence-electron chi connectivity index (χ0n) is 9.96. The van der Waals surface area contributed by atoms with Crippen molar-refractivity contribution in [2.75, 3.05) is 32.7 Å². The molecule has 0 saturated carbocycles. The van der Waals surface area contributed by atoms with Crippen LogP contribution in [0, 0.1) is 0 Å². The van der Waals surface area contributed by atoms with E-state index in [4.69, 9.17) is 19.2 Å². The third-order valence-corrected chi connectivity index (χ3v) is 1.79. The second kappa shape index (κ2) is 11.3. The van der Waals surface area contributed by atoms with E-state index in [9.17, 15) is 0 Å². The van der Waals surface area contributed by atoms with Gasteiger partial charge in [0.15, 0.2) is 0 Å². The number of nitrogens with one attached hydrogen (secondary N) is 1. The van der Waals surface area contributed by atoms with Crippen molar-refractivity contribution in [3.63, 3.8) is 0 Å². The molecule has 6 nitrogen and oxygen atoms in total. The molecule has 0 bridgehead atoms. The first-order valence-electron chi connectivity index (χ1n) is 5.17. The van der Waals surface area contributed by atoms with E-state index in [1.54, 1.807) is 0 Å². The Kier molecular flexibility index (Phi) is 12.8. The Bertz CT molecular complexity index is 195. The number of hydrogen-bond acceptors (Lipinski definition) is 3. The summed E-state index contributed by atoms with van der Waals surface area (Å²) >= 11 is 0. The molecule has 0 aliphatic carbocycles. The molecule has 0 fully saturated rings. The largest absolute Gasteiger partial charge is 0.466 e. The molecule has 0 aromatic heterocycles. The van der Waals surface area contributed by atoms with Crippen LogP contribution in [-0.2, 0) is 4.57 Å². The van der Waals surface area contributed by atoms with Gasteiger partial charge in [-0.15, -0.1) is 6.58 Å². The smallest absolute Gasteiger partial charge is 0.312 e. The second-order valence-electron chi connectivity index (χ2n) is 3.03. The first-order valence-corrected chi connectivity index (χ1v) is 6.73. The Morgan fingerprint density at radius 2 is 1.75 bits per heavy atom. The molecule has 0 unspecified atom stereocenters. The van der Waals surface area contributed by atoms with E-state index < -0.39 is 7.82 Å². The van der Waals surface area contributed by atoms with Crippen molar-refractivity contribution in [1.29, 1.82) is 0 Å². The van der Waals surface area contributed by atoms with Crippen LogP contribution < -0.4 is 5.32 Å². The zero-order chi connectivity index (χ0) is 13.0. The van der Waals surface area contributed by atoms with Gasteiger partial charge in [0.1, 0.15) is 0 Å². The van der Waals surface area contributed by atoms with E-state index in [2.05, 4.69) is 30.6 Å². The minimum absolute atomic E-state index is 0.918. The van der Waals surface area contributed by atoms with Crippen LogP contribution in [0.25, 0.3) is 0 Å². The molecule has 0 heterocycles. The average Bonchev–Trinajstić information content (AvgIpc) is 2.16. The van der Waals surface area contributed by atoms with Crippen LogP contribution in [0.3, 0.4) is 0 Å². The molecular weight excluding hydrogens is 231 g/mol. The highest BCUT2D eigenvalue weighted by atomic mass is 31.2. The summed E-state index contributed by atoms with van der Waals surface area (Å²) in [5, 5.41) is 3.27. The fourth-order valence-electron chi connectivity index (χ4n) is 0.981. The van der Waals surface area contributed by atoms with Crippen LogP contribution >= 0.6 is 7.82 Å². The van der Waals surface area contributed by atoms with Gasteiger partial charge in [-0.2, -0.15) is 0 Å². The summed E-state index contributed by atoms with van der Waals surface area (Å²) in [6.45, 7) is 13.4. The van der Waals surface area contributed by atoms with Gasteiger partial charge in [-0.3, -0.25) is 0 Å². The molecule has 0 rings (SSSR count). The van der Waals surface area contributed by atoms with Gasteiger partial charge in [0, 0.05) is 19.6 Å². The Hall–Kier alpha value is -0.230. The number of nitrogens with zero attached hydrogens (tertiary/aromatic N) is 1. The minimum Gasteiger partial charge on any atom is -0.312 e. The van der Waals surface area contributed by atoms with Crippen molar-refractivity contribution < 1.29 is 19.2 Å². The van der Waals surface area contributed by atoms with Crippen LogP contribution in [0.15, 0.2) is 12.7 Å². The lowest BCUT2D eigenvalue weighted by Gasteiger charge is -2.17. The van der Waals surface area contributed by atoms with Crippen molar-refractivity contribution in [2.24, 2.45) is 0 Å². The first-order chi connectivity index (χ1) is 7.35. The summed E-state index contributed by atoms with van der Waals surface area (Å²) < 4.78 is 8.88. The monoisotopic (exact) mass is 254 g/mol. The predicted molar refractivity (Wildman–Crippen MR) is 65.1 cm³/mol. The molecule has 98 valence electrons. The van der Waals surface area contributed by atoms with Crippen LogP contribution in [0.1, 0.15) is 13.8 Å². The van der Waals surface area contributed by atoms with Gasteiger partial charge in [-0.1, -0.05) is 19.9 Å². The molecule has 0 aromatic carbocycles. The highest BCUT2D eigenvalue weighted by Crippen LogP contribution is 2.25. The molecule has 4 N–H and O–H groups in total. The molecule has 0 aliphatic heterocycles. The minimum atomic E-state index is -4.64. The molecule has 0 radical (unpaired) electrons. The molecule has 0 atom stereocenters. The average molecular weight is 254 g/mol. The summed E-state index contributed by atoms with van der Waals surface area (Å²) in [6.07, 6.45) is 1.89. The van der Waals surface area contributed by atoms with Gasteiger partial charge in [0.25, 0.3) is 0 Å². The zero-order valence-corrected chi connectivity index (χ0v) is 10.9. The molecule has 0 amide bonds. The van der Waals surface area contributed by atoms with E-state index in [1.165, 1.54) is 0 Å². The van der Waals surface area contributed by atoms with Crippen molar-refractivity contribution in [3.8, 4) is 0 Å². The second-order valence-corrected chi connectivity index (χ2v) is 4.06. The van der Waals surface area contributed by atoms with Crippen molar-refractivity contribution in [3.05, 3.63) is 12.7 Å². The van der Waals surface area contributed by atoms with Crippen molar-refractivity contribution >= 4 is 7.82 Å². The van der Waals surface area contributed by atoms with Gasteiger partial charge in [-0.25, -0.2) is 4.57 Å². The third-order valence-electron chi connectivity index (χ3n) is 1.79. The third kappa shape index (κ3) is 23.5. The van der Waals surface area contributed by atoms with Gasteiger partial charge < -0.3 is 24.9 Å². The van der Waals surface area contributed by atoms with Crippen LogP contribution in [0.2, 0.25) is 0 Å². The standard InChI is InChI=1S/C9H20N2.H3O4P/c1-4-7-10-8-9-11(5-2)6-3;1-5(2,3)4/h4,10H,1,5-9H2,2-3H3;(H3,1,2,3,4). The maximum atomic E-state index is 8.88. The number of phosphoric acid groups is 1. The highest BCUT2D eigenvalue weighted by Gasteiger charge is 2.00. The fraction of sp³-hybridized carbons (Fsp3) is 0.778. The maximum absolute atomic E-state index is 8.88. The quantitative estimate of drug-likeness (QED) is 0.294. The molecule has 0 spiro atoms. The van der Waals surface area contributed by atoms with Gasteiger partial charge >= 0.3 is 7.82 Å². The first kappa shape index (κ1) is 18.1. The van der Waals surface area contributed by atoms with E-state index >= 15 is 0 Å². The number of hydrogen-bond donors (Lipinski definition) is 4. The molecule has 7 heteroatoms. The Balaban J connectivity index is 0. The Morgan fingerprint density at radius 3 is 2.06 bits per heavy atom. The molecule has 0 aromatic rings. The lowest BCUT2D eigenvalue weighted by atomic mass is 10.4. The van der Waals surface area contributed by atoms with Crippen LogP contribution in [-0.4, -0.2) is 52.3 Å². The molecular formula is C9H23N2O4P. The fourth-order valence-corrected chi connectivity index (χ4v) is 0.981. The number of likely N-dealkylation sites (N-methyl/N-ethyl adjacent to an activating group) is 1. The topological polar surface area (TPSA) is 93.0 Å². The van der Waals surface area contributed by atoms with E-state index in [1.807, 2.05) is 6.08 Å². The predicted octanol–water partition coefficient (Wildman–Crippen LogP) is 0.175. The maximum Gasteiger partial charge on any atom is 0.466 e. The molecule has 0 saturated heterocycles. The SMILES string of the molecule is C=CCNCCN(CC)CC.O=P(O)(O)O. The van der Waals surface area contributed by atoms with Crippen LogP contribution in [0.4, 0.5) is 0 Å². The van der Waals surface area contributed by atoms with E-state index in [0.29, 0.717) is 0 Å². The lowest BCUT2D eigenvalue weighted by molar-refractivity contribution is 0.275. The summed E-state index contributed by atoms with van der Waals surface area (Å²) in [5.74, 6) is 0. The van der Waals surface area contributed by atoms with Gasteiger partial charge in [0.2, 0.25) is 0 Å². The molecule has 16 heavy (non-hydrogen) atoms. The summed E-state index contributed by atoms with van der Waals surface area (Å²) in [7, 11) is -4.64.